The molecule has 7 nitrogen and oxygen atoms in total. The summed E-state index contributed by atoms with van der Waals surface area (Å²) in [6.07, 6.45) is 5.79. The maximum Gasteiger partial charge on any atom is 0.410 e. The molecule has 0 radical (unpaired) electrons. The summed E-state index contributed by atoms with van der Waals surface area (Å²) in [5.74, 6) is -0.0321. The van der Waals surface area contributed by atoms with Crippen LogP contribution in [0.1, 0.15) is 73.9 Å². The lowest BCUT2D eigenvalue weighted by molar-refractivity contribution is 0.0187. The Morgan fingerprint density at radius 1 is 1.12 bits per heavy atom. The minimum absolute atomic E-state index is 0.0321. The molecule has 1 unspecified atom stereocenters. The number of hydrogen-bond donors (Lipinski definition) is 1. The predicted octanol–water partition coefficient (Wildman–Crippen LogP) is 4.69. The molecule has 0 bridgehead atoms. The van der Waals surface area contributed by atoms with Crippen molar-refractivity contribution in [3.05, 3.63) is 46.4 Å². The van der Waals surface area contributed by atoms with Crippen molar-refractivity contribution in [3.8, 4) is 0 Å². The van der Waals surface area contributed by atoms with Crippen molar-refractivity contribution in [3.63, 3.8) is 0 Å². The van der Waals surface area contributed by atoms with Crippen molar-refractivity contribution >= 4 is 23.3 Å². The number of amides is 2. The van der Waals surface area contributed by atoms with Crippen LogP contribution in [-0.2, 0) is 4.74 Å². The van der Waals surface area contributed by atoms with Gasteiger partial charge in [0.25, 0.3) is 5.91 Å². The number of likely N-dealkylation sites (tertiary alicyclic amines) is 2. The second-order valence-electron chi connectivity index (χ2n) is 9.98. The van der Waals surface area contributed by atoms with Crippen LogP contribution < -0.4 is 5.32 Å². The normalized spacial score (nSPS) is 18.9. The molecule has 2 aliphatic heterocycles. The highest BCUT2D eigenvalue weighted by atomic mass is 32.1. The minimum Gasteiger partial charge on any atom is -0.444 e. The van der Waals surface area contributed by atoms with E-state index in [2.05, 4.69) is 32.3 Å². The first-order valence-corrected chi connectivity index (χ1v) is 12.9. The SMILES string of the molecule is CC(C)(C)OC(=O)N1CCC(n2cccc2C(=O)NCC(c2cccs2)N2CCCC2)CC1. The van der Waals surface area contributed by atoms with Gasteiger partial charge < -0.3 is 19.5 Å². The molecule has 2 aromatic heterocycles. The maximum absolute atomic E-state index is 13.2. The Balaban J connectivity index is 1.35. The van der Waals surface area contributed by atoms with E-state index in [1.807, 2.05) is 39.1 Å². The average Bonchev–Trinajstić information content (AvgIpc) is 3.55. The number of thiophene rings is 1. The zero-order chi connectivity index (χ0) is 23.4. The molecule has 0 aromatic carbocycles. The van der Waals surface area contributed by atoms with Gasteiger partial charge in [-0.15, -0.1) is 11.3 Å². The molecular formula is C25H36N4O3S. The number of nitrogens with zero attached hydrogens (tertiary/aromatic N) is 3. The molecule has 33 heavy (non-hydrogen) atoms. The number of piperidine rings is 1. The molecule has 2 fully saturated rings. The largest absolute Gasteiger partial charge is 0.444 e. The first-order valence-electron chi connectivity index (χ1n) is 12.0. The number of aromatic nitrogens is 1. The van der Waals surface area contributed by atoms with Gasteiger partial charge in [-0.2, -0.15) is 0 Å². The summed E-state index contributed by atoms with van der Waals surface area (Å²) >= 11 is 1.76. The minimum atomic E-state index is -0.490. The van der Waals surface area contributed by atoms with Crippen LogP contribution in [0.2, 0.25) is 0 Å². The van der Waals surface area contributed by atoms with Gasteiger partial charge in [-0.3, -0.25) is 9.69 Å². The fourth-order valence-electron chi connectivity index (χ4n) is 4.78. The van der Waals surface area contributed by atoms with Gasteiger partial charge in [0.1, 0.15) is 11.3 Å². The maximum atomic E-state index is 13.2. The molecule has 1 N–H and O–H groups in total. The first-order chi connectivity index (χ1) is 15.8. The Morgan fingerprint density at radius 3 is 2.48 bits per heavy atom. The van der Waals surface area contributed by atoms with Gasteiger partial charge in [0, 0.05) is 36.8 Å². The zero-order valence-electron chi connectivity index (χ0n) is 20.0. The Bertz CT molecular complexity index is 920. The first kappa shape index (κ1) is 23.8. The van der Waals surface area contributed by atoms with Gasteiger partial charge >= 0.3 is 6.09 Å². The van der Waals surface area contributed by atoms with Crippen LogP contribution in [0.15, 0.2) is 35.8 Å². The quantitative estimate of drug-likeness (QED) is 0.662. The number of hydrogen-bond acceptors (Lipinski definition) is 5. The van der Waals surface area contributed by atoms with Crippen LogP contribution >= 0.6 is 11.3 Å². The highest BCUT2D eigenvalue weighted by molar-refractivity contribution is 7.10. The molecule has 1 atom stereocenters. The summed E-state index contributed by atoms with van der Waals surface area (Å²) in [6, 6.07) is 8.52. The van der Waals surface area contributed by atoms with Gasteiger partial charge in [0.05, 0.1) is 6.04 Å². The smallest absolute Gasteiger partial charge is 0.410 e. The molecule has 2 aliphatic rings. The van der Waals surface area contributed by atoms with Gasteiger partial charge in [0.2, 0.25) is 0 Å². The lowest BCUT2D eigenvalue weighted by atomic mass is 10.0. The van der Waals surface area contributed by atoms with E-state index < -0.39 is 5.60 Å². The summed E-state index contributed by atoms with van der Waals surface area (Å²) in [5.41, 5.74) is 0.201. The van der Waals surface area contributed by atoms with E-state index in [0.29, 0.717) is 25.3 Å². The van der Waals surface area contributed by atoms with E-state index in [4.69, 9.17) is 4.74 Å². The molecule has 180 valence electrons. The molecule has 4 heterocycles. The molecule has 2 saturated heterocycles. The Kier molecular flexibility index (Phi) is 7.44. The number of nitrogens with one attached hydrogen (secondary N) is 1. The van der Waals surface area contributed by atoms with E-state index >= 15 is 0 Å². The average molecular weight is 473 g/mol. The standard InChI is InChI=1S/C25H36N4O3S/c1-25(2,3)32-24(31)28-15-10-19(11-16-28)29-14-6-8-20(29)23(30)26-18-21(22-9-7-17-33-22)27-12-4-5-13-27/h6-9,14,17,19,21H,4-5,10-13,15-16,18H2,1-3H3,(H,26,30). The summed E-state index contributed by atoms with van der Waals surface area (Å²) in [5, 5.41) is 5.31. The molecule has 2 aromatic rings. The second kappa shape index (κ2) is 10.3. The molecule has 2 amide bonds. The van der Waals surface area contributed by atoms with Crippen LogP contribution in [-0.4, -0.2) is 64.7 Å². The van der Waals surface area contributed by atoms with Crippen molar-refractivity contribution in [2.45, 2.75) is 64.1 Å². The lowest BCUT2D eigenvalue weighted by Crippen LogP contribution is -2.42. The molecule has 0 saturated carbocycles. The van der Waals surface area contributed by atoms with E-state index in [1.165, 1.54) is 17.7 Å². The zero-order valence-corrected chi connectivity index (χ0v) is 20.8. The van der Waals surface area contributed by atoms with Crippen LogP contribution in [0, 0.1) is 0 Å². The third-order valence-corrected chi connectivity index (χ3v) is 7.40. The Morgan fingerprint density at radius 2 is 1.85 bits per heavy atom. The van der Waals surface area contributed by atoms with Gasteiger partial charge in [-0.05, 0) is 83.1 Å². The Hall–Kier alpha value is -2.32. The van der Waals surface area contributed by atoms with Gasteiger partial charge in [-0.25, -0.2) is 4.79 Å². The van der Waals surface area contributed by atoms with E-state index in [0.717, 1.165) is 25.9 Å². The third kappa shape index (κ3) is 5.98. The number of rotatable bonds is 6. The van der Waals surface area contributed by atoms with Crippen molar-refractivity contribution in [2.75, 3.05) is 32.7 Å². The molecule has 8 heteroatoms. The van der Waals surface area contributed by atoms with Crippen LogP contribution in [0.5, 0.6) is 0 Å². The van der Waals surface area contributed by atoms with Crippen molar-refractivity contribution in [1.29, 1.82) is 0 Å². The Labute approximate surface area is 200 Å². The summed E-state index contributed by atoms with van der Waals surface area (Å²) in [4.78, 5) is 31.1. The topological polar surface area (TPSA) is 66.8 Å². The summed E-state index contributed by atoms with van der Waals surface area (Å²) in [7, 11) is 0. The lowest BCUT2D eigenvalue weighted by Gasteiger charge is -2.34. The summed E-state index contributed by atoms with van der Waals surface area (Å²) < 4.78 is 7.59. The molecular weight excluding hydrogens is 436 g/mol. The van der Waals surface area contributed by atoms with Crippen LogP contribution in [0.4, 0.5) is 4.79 Å². The number of carbonyl (C=O) groups excluding carboxylic acids is 2. The van der Waals surface area contributed by atoms with Crippen LogP contribution in [0.25, 0.3) is 0 Å². The number of ether oxygens (including phenoxy) is 1. The molecule has 0 aliphatic carbocycles. The van der Waals surface area contributed by atoms with Gasteiger partial charge in [-0.1, -0.05) is 6.07 Å². The molecule has 0 spiro atoms. The number of carbonyl (C=O) groups is 2. The molecule has 4 rings (SSSR count). The van der Waals surface area contributed by atoms with Crippen LogP contribution in [0.3, 0.4) is 0 Å². The van der Waals surface area contributed by atoms with Crippen molar-refractivity contribution in [1.82, 2.24) is 19.7 Å². The summed E-state index contributed by atoms with van der Waals surface area (Å²) in [6.45, 7) is 9.71. The van der Waals surface area contributed by atoms with Crippen molar-refractivity contribution < 1.29 is 14.3 Å². The van der Waals surface area contributed by atoms with E-state index in [9.17, 15) is 9.59 Å². The van der Waals surface area contributed by atoms with Crippen molar-refractivity contribution in [2.24, 2.45) is 0 Å². The van der Waals surface area contributed by atoms with Gasteiger partial charge in [0.15, 0.2) is 0 Å². The fourth-order valence-corrected chi connectivity index (χ4v) is 5.64. The van der Waals surface area contributed by atoms with E-state index in [-0.39, 0.29) is 24.1 Å². The highest BCUT2D eigenvalue weighted by Gasteiger charge is 2.29. The van der Waals surface area contributed by atoms with E-state index in [1.54, 1.807) is 16.2 Å². The fraction of sp³-hybridized carbons (Fsp3) is 0.600. The monoisotopic (exact) mass is 472 g/mol. The third-order valence-electron chi connectivity index (χ3n) is 6.43. The predicted molar refractivity (Wildman–Crippen MR) is 131 cm³/mol. The highest BCUT2D eigenvalue weighted by Crippen LogP contribution is 2.29. The second-order valence-corrected chi connectivity index (χ2v) is 11.0.